The maximum absolute atomic E-state index is 13.3. The van der Waals surface area contributed by atoms with E-state index < -0.39 is 5.60 Å². The Morgan fingerprint density at radius 1 is 1.00 bits per heavy atom. The second-order valence-electron chi connectivity index (χ2n) is 10.4. The van der Waals surface area contributed by atoms with Gasteiger partial charge in [-0.1, -0.05) is 73.9 Å². The molecule has 2 saturated heterocycles. The van der Waals surface area contributed by atoms with Crippen molar-refractivity contribution < 1.29 is 19.4 Å². The van der Waals surface area contributed by atoms with E-state index in [0.29, 0.717) is 32.7 Å². The van der Waals surface area contributed by atoms with Gasteiger partial charge in [0.25, 0.3) is 0 Å². The molecule has 2 heterocycles. The number of amides is 1. The van der Waals surface area contributed by atoms with Gasteiger partial charge in [-0.3, -0.25) is 4.90 Å². The van der Waals surface area contributed by atoms with Crippen molar-refractivity contribution in [3.63, 3.8) is 0 Å². The predicted octanol–water partition coefficient (Wildman–Crippen LogP) is 6.06. The summed E-state index contributed by atoms with van der Waals surface area (Å²) in [4.78, 5) is 15.2. The first-order valence-electron chi connectivity index (χ1n) is 13.1. The third kappa shape index (κ3) is 5.03. The van der Waals surface area contributed by atoms with E-state index >= 15 is 0 Å². The number of fused-ring (bicyclic) bond motifs is 5. The second-order valence-corrected chi connectivity index (χ2v) is 10.4. The van der Waals surface area contributed by atoms with Gasteiger partial charge in [0.15, 0.2) is 0 Å². The number of rotatable bonds is 9. The van der Waals surface area contributed by atoms with Gasteiger partial charge in [-0.15, -0.1) is 6.58 Å². The molecule has 0 radical (unpaired) electrons. The van der Waals surface area contributed by atoms with Crippen LogP contribution in [0.25, 0.3) is 11.1 Å². The van der Waals surface area contributed by atoms with Crippen molar-refractivity contribution in [2.75, 3.05) is 19.8 Å². The quantitative estimate of drug-likeness (QED) is 0.354. The Bertz CT molecular complexity index is 991. The first kappa shape index (κ1) is 24.1. The van der Waals surface area contributed by atoms with E-state index in [-0.39, 0.29) is 24.1 Å². The number of aliphatic hydroxyl groups is 1. The van der Waals surface area contributed by atoms with Crippen LogP contribution < -0.4 is 0 Å². The minimum Gasteiger partial charge on any atom is -0.448 e. The lowest BCUT2D eigenvalue weighted by Gasteiger charge is -2.51. The highest BCUT2D eigenvalue weighted by molar-refractivity contribution is 5.79. The van der Waals surface area contributed by atoms with Gasteiger partial charge in [0.05, 0.1) is 30.9 Å². The minimum atomic E-state index is -0.725. The summed E-state index contributed by atoms with van der Waals surface area (Å²) in [6.45, 7) is 5.02. The number of piperidine rings is 1. The molecule has 35 heavy (non-hydrogen) atoms. The average Bonchev–Trinajstić information content (AvgIpc) is 3.18. The van der Waals surface area contributed by atoms with Gasteiger partial charge in [0.2, 0.25) is 0 Å². The number of carbonyl (C=O) groups excluding carboxylic acids is 1. The molecular formula is C30H37NO4. The van der Waals surface area contributed by atoms with Crippen molar-refractivity contribution in [3.05, 3.63) is 72.3 Å². The zero-order valence-corrected chi connectivity index (χ0v) is 20.5. The van der Waals surface area contributed by atoms with Crippen LogP contribution in [-0.4, -0.2) is 53.6 Å². The summed E-state index contributed by atoms with van der Waals surface area (Å²) in [5.41, 5.74) is 4.15. The van der Waals surface area contributed by atoms with Crippen LogP contribution in [0.2, 0.25) is 0 Å². The lowest BCUT2D eigenvalue weighted by Crippen LogP contribution is -2.63. The molecule has 2 bridgehead atoms. The standard InChI is InChI=1S/C30H37NO4/c1-2-3-4-5-6-11-16-30(33)17-22-19-34-20-23(18-30)31(22)29(32)35-21-28-26-14-9-7-12-24(26)25-13-8-10-15-27(25)28/h2,7-10,12-15,22-23,28,33H,1,3-6,11,16-21H2. The van der Waals surface area contributed by atoms with Gasteiger partial charge >= 0.3 is 6.09 Å². The lowest BCUT2D eigenvalue weighted by atomic mass is 9.78. The van der Waals surface area contributed by atoms with Crippen molar-refractivity contribution in [1.82, 2.24) is 4.90 Å². The summed E-state index contributed by atoms with van der Waals surface area (Å²) in [5, 5.41) is 11.3. The predicted molar refractivity (Wildman–Crippen MR) is 137 cm³/mol. The Labute approximate surface area is 208 Å². The highest BCUT2D eigenvalue weighted by Crippen LogP contribution is 2.45. The number of allylic oxidation sites excluding steroid dienone is 1. The van der Waals surface area contributed by atoms with Crippen molar-refractivity contribution in [2.45, 2.75) is 75.0 Å². The molecule has 2 atom stereocenters. The third-order valence-electron chi connectivity index (χ3n) is 7.99. The summed E-state index contributed by atoms with van der Waals surface area (Å²) in [7, 11) is 0. The molecule has 0 spiro atoms. The number of nitrogens with zero attached hydrogens (tertiary/aromatic N) is 1. The van der Waals surface area contributed by atoms with Crippen LogP contribution >= 0.6 is 0 Å². The van der Waals surface area contributed by atoms with Crippen LogP contribution in [0.5, 0.6) is 0 Å². The Hall–Kier alpha value is -2.63. The summed E-state index contributed by atoms with van der Waals surface area (Å²) in [5.74, 6) is 0.0465. The molecule has 2 aromatic rings. The van der Waals surface area contributed by atoms with Crippen LogP contribution in [0, 0.1) is 0 Å². The molecule has 1 N–H and O–H groups in total. The van der Waals surface area contributed by atoms with Crippen LogP contribution in [0.3, 0.4) is 0 Å². The molecule has 5 nitrogen and oxygen atoms in total. The molecule has 2 aromatic carbocycles. The zero-order chi connectivity index (χ0) is 24.3. The SMILES string of the molecule is C=CCCCCCCC1(O)CC2COCC(C1)N2C(=O)OCC1c2ccccc2-c2ccccc21. The van der Waals surface area contributed by atoms with Gasteiger partial charge in [0, 0.05) is 5.92 Å². The van der Waals surface area contributed by atoms with E-state index in [9.17, 15) is 9.90 Å². The molecule has 5 heteroatoms. The topological polar surface area (TPSA) is 59.0 Å². The maximum Gasteiger partial charge on any atom is 0.410 e. The molecule has 3 aliphatic rings. The molecule has 1 amide bonds. The Kier molecular flexibility index (Phi) is 7.26. The van der Waals surface area contributed by atoms with Crippen molar-refractivity contribution in [3.8, 4) is 11.1 Å². The lowest BCUT2D eigenvalue weighted by molar-refractivity contribution is -0.135. The summed E-state index contributed by atoms with van der Waals surface area (Å²) < 4.78 is 11.7. The number of benzene rings is 2. The molecule has 2 fully saturated rings. The Morgan fingerprint density at radius 3 is 2.23 bits per heavy atom. The monoisotopic (exact) mass is 475 g/mol. The van der Waals surface area contributed by atoms with Gasteiger partial charge in [-0.2, -0.15) is 0 Å². The second kappa shape index (κ2) is 10.5. The summed E-state index contributed by atoms with van der Waals surface area (Å²) >= 11 is 0. The first-order chi connectivity index (χ1) is 17.1. The average molecular weight is 476 g/mol. The van der Waals surface area contributed by atoms with Crippen LogP contribution in [0.15, 0.2) is 61.2 Å². The number of unbranched alkanes of at least 4 members (excludes halogenated alkanes) is 4. The summed E-state index contributed by atoms with van der Waals surface area (Å²) in [6, 6.07) is 16.5. The smallest absolute Gasteiger partial charge is 0.410 e. The van der Waals surface area contributed by atoms with E-state index in [1.54, 1.807) is 0 Å². The van der Waals surface area contributed by atoms with Gasteiger partial charge in [0.1, 0.15) is 6.61 Å². The fourth-order valence-electron chi connectivity index (χ4n) is 6.34. The number of morpholine rings is 1. The zero-order valence-electron chi connectivity index (χ0n) is 20.5. The van der Waals surface area contributed by atoms with Crippen LogP contribution in [-0.2, 0) is 9.47 Å². The number of carbonyl (C=O) groups is 1. The first-order valence-corrected chi connectivity index (χ1v) is 13.1. The fourth-order valence-corrected chi connectivity index (χ4v) is 6.34. The van der Waals surface area contributed by atoms with Gasteiger partial charge in [-0.25, -0.2) is 4.79 Å². The molecule has 0 saturated carbocycles. The molecule has 186 valence electrons. The largest absolute Gasteiger partial charge is 0.448 e. The highest BCUT2D eigenvalue weighted by Gasteiger charge is 2.48. The molecule has 0 aromatic heterocycles. The van der Waals surface area contributed by atoms with Gasteiger partial charge < -0.3 is 14.6 Å². The van der Waals surface area contributed by atoms with E-state index in [4.69, 9.17) is 9.47 Å². The number of hydrogen-bond acceptors (Lipinski definition) is 4. The van der Waals surface area contributed by atoms with Gasteiger partial charge in [-0.05, 0) is 54.4 Å². The Morgan fingerprint density at radius 2 is 1.60 bits per heavy atom. The normalized spacial score (nSPS) is 25.1. The summed E-state index contributed by atoms with van der Waals surface area (Å²) in [6.07, 6.45) is 9.11. The van der Waals surface area contributed by atoms with E-state index in [0.717, 1.165) is 32.1 Å². The van der Waals surface area contributed by atoms with E-state index in [2.05, 4.69) is 43.0 Å². The highest BCUT2D eigenvalue weighted by atomic mass is 16.6. The third-order valence-corrected chi connectivity index (χ3v) is 7.99. The molecule has 1 aliphatic carbocycles. The maximum atomic E-state index is 13.3. The molecular weight excluding hydrogens is 438 g/mol. The minimum absolute atomic E-state index is 0.0465. The number of ether oxygens (including phenoxy) is 2. The fraction of sp³-hybridized carbons (Fsp3) is 0.500. The van der Waals surface area contributed by atoms with E-state index in [1.165, 1.54) is 28.7 Å². The van der Waals surface area contributed by atoms with Crippen molar-refractivity contribution in [1.29, 1.82) is 0 Å². The molecule has 5 rings (SSSR count). The van der Waals surface area contributed by atoms with Crippen molar-refractivity contribution in [2.24, 2.45) is 0 Å². The molecule has 2 aliphatic heterocycles. The molecule has 2 unspecified atom stereocenters. The van der Waals surface area contributed by atoms with Crippen molar-refractivity contribution >= 4 is 6.09 Å². The van der Waals surface area contributed by atoms with E-state index in [1.807, 2.05) is 23.1 Å². The Balaban J connectivity index is 1.21. The van der Waals surface area contributed by atoms with Crippen LogP contribution in [0.4, 0.5) is 4.79 Å². The number of hydrogen-bond donors (Lipinski definition) is 1. The van der Waals surface area contributed by atoms with Crippen LogP contribution in [0.1, 0.15) is 68.4 Å².